The number of nitrogens with two attached hydrogens (primary N) is 1. The third kappa shape index (κ3) is 2.21. The minimum absolute atomic E-state index is 0.700. The number of rotatable bonds is 3. The van der Waals surface area contributed by atoms with Crippen LogP contribution < -0.4 is 15.4 Å². The largest absolute Gasteiger partial charge is 0.481 e. The fraction of sp³-hybridized carbons (Fsp3) is 0.267. The van der Waals surface area contributed by atoms with Gasteiger partial charge >= 0.3 is 0 Å². The summed E-state index contributed by atoms with van der Waals surface area (Å²) in [4.78, 5) is 6.58. The molecule has 0 saturated carbocycles. The van der Waals surface area contributed by atoms with Crippen LogP contribution in [-0.4, -0.2) is 18.6 Å². The molecule has 4 nitrogen and oxygen atoms in total. The van der Waals surface area contributed by atoms with Crippen molar-refractivity contribution in [2.75, 3.05) is 24.3 Å². The minimum Gasteiger partial charge on any atom is -0.481 e. The quantitative estimate of drug-likeness (QED) is 0.855. The summed E-state index contributed by atoms with van der Waals surface area (Å²) in [5.74, 6) is 0.700. The van der Waals surface area contributed by atoms with Crippen molar-refractivity contribution >= 4 is 11.4 Å². The molecule has 1 aliphatic heterocycles. The van der Waals surface area contributed by atoms with Crippen LogP contribution in [0.2, 0.25) is 0 Å². The molecule has 4 heteroatoms. The van der Waals surface area contributed by atoms with Crippen LogP contribution in [0.1, 0.15) is 11.1 Å². The van der Waals surface area contributed by atoms with Gasteiger partial charge in [-0.3, -0.25) is 0 Å². The molecule has 0 fully saturated rings. The van der Waals surface area contributed by atoms with Gasteiger partial charge < -0.3 is 15.4 Å². The van der Waals surface area contributed by atoms with E-state index in [1.54, 1.807) is 13.3 Å². The summed E-state index contributed by atoms with van der Waals surface area (Å²) in [5, 5.41) is 0. The number of pyridine rings is 1. The molecule has 0 amide bonds. The molecule has 0 radical (unpaired) electrons. The Morgan fingerprint density at radius 2 is 2.26 bits per heavy atom. The lowest BCUT2D eigenvalue weighted by Crippen LogP contribution is -2.20. The second kappa shape index (κ2) is 4.80. The number of ether oxygens (including phenoxy) is 1. The predicted octanol–water partition coefficient (Wildman–Crippen LogP) is 2.24. The van der Waals surface area contributed by atoms with Gasteiger partial charge in [0, 0.05) is 36.2 Å². The van der Waals surface area contributed by atoms with Crippen molar-refractivity contribution in [1.29, 1.82) is 0 Å². The van der Waals surface area contributed by atoms with Gasteiger partial charge in [0.1, 0.15) is 0 Å². The van der Waals surface area contributed by atoms with Gasteiger partial charge in [-0.2, -0.15) is 0 Å². The number of methoxy groups -OCH3 is 1. The second-order valence-electron chi connectivity index (χ2n) is 4.73. The van der Waals surface area contributed by atoms with Crippen LogP contribution in [0.25, 0.3) is 0 Å². The molecule has 2 N–H and O–H groups in total. The van der Waals surface area contributed by atoms with Crippen molar-refractivity contribution in [3.8, 4) is 5.88 Å². The number of anilines is 2. The Balaban J connectivity index is 1.87. The summed E-state index contributed by atoms with van der Waals surface area (Å²) in [7, 11) is 1.66. The van der Waals surface area contributed by atoms with Crippen molar-refractivity contribution in [2.45, 2.75) is 13.0 Å². The number of nitrogen functional groups attached to an aromatic ring is 1. The molecule has 0 saturated heterocycles. The fourth-order valence-corrected chi connectivity index (χ4v) is 2.59. The lowest BCUT2D eigenvalue weighted by atomic mass is 10.1. The van der Waals surface area contributed by atoms with E-state index in [0.717, 1.165) is 30.8 Å². The topological polar surface area (TPSA) is 51.4 Å². The van der Waals surface area contributed by atoms with Crippen LogP contribution in [0.15, 0.2) is 36.5 Å². The highest BCUT2D eigenvalue weighted by Crippen LogP contribution is 2.31. The molecule has 98 valence electrons. The lowest BCUT2D eigenvalue weighted by Gasteiger charge is -2.20. The van der Waals surface area contributed by atoms with Crippen molar-refractivity contribution in [3.63, 3.8) is 0 Å². The molecule has 0 bridgehead atoms. The normalized spacial score (nSPS) is 13.4. The summed E-state index contributed by atoms with van der Waals surface area (Å²) in [6, 6.07) is 10.1. The summed E-state index contributed by atoms with van der Waals surface area (Å²) in [5.41, 5.74) is 10.4. The first kappa shape index (κ1) is 11.8. The SMILES string of the molecule is COc1ncccc1CN1CCc2cc(N)ccc21. The Morgan fingerprint density at radius 3 is 3.11 bits per heavy atom. The first-order valence-corrected chi connectivity index (χ1v) is 6.39. The monoisotopic (exact) mass is 255 g/mol. The van der Waals surface area contributed by atoms with Crippen LogP contribution in [0.5, 0.6) is 5.88 Å². The first-order valence-electron chi connectivity index (χ1n) is 6.39. The maximum atomic E-state index is 5.83. The molecule has 1 aromatic carbocycles. The van der Waals surface area contributed by atoms with Crippen molar-refractivity contribution in [2.24, 2.45) is 0 Å². The van der Waals surface area contributed by atoms with Gasteiger partial charge in [0.05, 0.1) is 7.11 Å². The summed E-state index contributed by atoms with van der Waals surface area (Å²) < 4.78 is 5.30. The standard InChI is InChI=1S/C15H17N3O/c1-19-15-12(3-2-7-17-15)10-18-8-6-11-9-13(16)4-5-14(11)18/h2-5,7,9H,6,8,10,16H2,1H3. The first-order chi connectivity index (χ1) is 9.28. The molecule has 2 aromatic rings. The van der Waals surface area contributed by atoms with Gasteiger partial charge in [-0.1, -0.05) is 6.07 Å². The Morgan fingerprint density at radius 1 is 1.37 bits per heavy atom. The van der Waals surface area contributed by atoms with E-state index in [9.17, 15) is 0 Å². The molecule has 0 spiro atoms. The third-order valence-corrected chi connectivity index (χ3v) is 3.50. The van der Waals surface area contributed by atoms with E-state index >= 15 is 0 Å². The Kier molecular flexibility index (Phi) is 2.99. The van der Waals surface area contributed by atoms with E-state index in [0.29, 0.717) is 5.88 Å². The van der Waals surface area contributed by atoms with Crippen LogP contribution in [-0.2, 0) is 13.0 Å². The van der Waals surface area contributed by atoms with Gasteiger partial charge in [0.15, 0.2) is 0 Å². The van der Waals surface area contributed by atoms with Crippen LogP contribution in [0.3, 0.4) is 0 Å². The van der Waals surface area contributed by atoms with Gasteiger partial charge in [-0.25, -0.2) is 4.98 Å². The molecule has 3 rings (SSSR count). The Hall–Kier alpha value is -2.23. The van der Waals surface area contributed by atoms with Gasteiger partial charge in [0.2, 0.25) is 5.88 Å². The van der Waals surface area contributed by atoms with E-state index in [4.69, 9.17) is 10.5 Å². The fourth-order valence-electron chi connectivity index (χ4n) is 2.59. The number of benzene rings is 1. The van der Waals surface area contributed by atoms with Gasteiger partial charge in [-0.05, 0) is 36.2 Å². The van der Waals surface area contributed by atoms with Gasteiger partial charge in [-0.15, -0.1) is 0 Å². The molecule has 19 heavy (non-hydrogen) atoms. The van der Waals surface area contributed by atoms with E-state index < -0.39 is 0 Å². The average molecular weight is 255 g/mol. The van der Waals surface area contributed by atoms with Crippen LogP contribution >= 0.6 is 0 Å². The van der Waals surface area contributed by atoms with Crippen molar-refractivity contribution < 1.29 is 4.74 Å². The Labute approximate surface area is 112 Å². The number of nitrogens with zero attached hydrogens (tertiary/aromatic N) is 2. The molecule has 0 unspecified atom stereocenters. The second-order valence-corrected chi connectivity index (χ2v) is 4.73. The molecule has 1 aliphatic rings. The van der Waals surface area contributed by atoms with Crippen LogP contribution in [0, 0.1) is 0 Å². The molecule has 1 aromatic heterocycles. The van der Waals surface area contributed by atoms with Crippen LogP contribution in [0.4, 0.5) is 11.4 Å². The zero-order valence-electron chi connectivity index (χ0n) is 11.0. The van der Waals surface area contributed by atoms with E-state index in [-0.39, 0.29) is 0 Å². The van der Waals surface area contributed by atoms with E-state index in [1.807, 2.05) is 12.1 Å². The smallest absolute Gasteiger partial charge is 0.218 e. The van der Waals surface area contributed by atoms with Crippen molar-refractivity contribution in [3.05, 3.63) is 47.7 Å². The van der Waals surface area contributed by atoms with E-state index in [1.165, 1.54) is 11.3 Å². The highest BCUT2D eigenvalue weighted by molar-refractivity contribution is 5.63. The lowest BCUT2D eigenvalue weighted by molar-refractivity contribution is 0.392. The molecule has 0 aliphatic carbocycles. The highest BCUT2D eigenvalue weighted by Gasteiger charge is 2.20. The molecular formula is C15H17N3O. The Bertz CT molecular complexity index is 598. The van der Waals surface area contributed by atoms with E-state index in [2.05, 4.69) is 28.1 Å². The summed E-state index contributed by atoms with van der Waals surface area (Å²) in [6.45, 7) is 1.82. The minimum atomic E-state index is 0.700. The number of hydrogen-bond donors (Lipinski definition) is 1. The number of fused-ring (bicyclic) bond motifs is 1. The average Bonchev–Trinajstić information content (AvgIpc) is 2.82. The predicted molar refractivity (Wildman–Crippen MR) is 76.4 cm³/mol. The molecular weight excluding hydrogens is 238 g/mol. The number of hydrogen-bond acceptors (Lipinski definition) is 4. The zero-order chi connectivity index (χ0) is 13.2. The highest BCUT2D eigenvalue weighted by atomic mass is 16.5. The molecule has 2 heterocycles. The van der Waals surface area contributed by atoms with Gasteiger partial charge in [0.25, 0.3) is 0 Å². The molecule has 0 atom stereocenters. The summed E-state index contributed by atoms with van der Waals surface area (Å²) >= 11 is 0. The number of aromatic nitrogens is 1. The zero-order valence-corrected chi connectivity index (χ0v) is 11.0. The third-order valence-electron chi connectivity index (χ3n) is 3.50. The maximum Gasteiger partial charge on any atom is 0.218 e. The van der Waals surface area contributed by atoms with Crippen molar-refractivity contribution in [1.82, 2.24) is 4.98 Å². The summed E-state index contributed by atoms with van der Waals surface area (Å²) in [6.07, 6.45) is 2.80. The maximum absolute atomic E-state index is 5.83.